The van der Waals surface area contributed by atoms with Gasteiger partial charge in [-0.3, -0.25) is 0 Å². The van der Waals surface area contributed by atoms with Crippen LogP contribution in [-0.4, -0.2) is 21.7 Å². The lowest BCUT2D eigenvalue weighted by Crippen LogP contribution is -2.17. The van der Waals surface area contributed by atoms with E-state index in [9.17, 15) is 4.39 Å². The number of hydrogen-bond acceptors (Lipinski definition) is 4. The lowest BCUT2D eigenvalue weighted by molar-refractivity contribution is 0.263. The second-order valence-corrected chi connectivity index (χ2v) is 3.71. The molecule has 4 nitrogen and oxygen atoms in total. The maximum Gasteiger partial charge on any atom is 0.149 e. The van der Waals surface area contributed by atoms with E-state index in [0.29, 0.717) is 11.0 Å². The van der Waals surface area contributed by atoms with E-state index >= 15 is 0 Å². The highest BCUT2D eigenvalue weighted by Crippen LogP contribution is 2.06. The first kappa shape index (κ1) is 14.5. The molecular weight excluding hydrogens is 257 g/mol. The summed E-state index contributed by atoms with van der Waals surface area (Å²) < 4.78 is 11.9. The summed E-state index contributed by atoms with van der Waals surface area (Å²) in [5.41, 5.74) is 5.43. The van der Waals surface area contributed by atoms with Crippen LogP contribution in [-0.2, 0) is 0 Å². The second kappa shape index (κ2) is 7.71. The van der Waals surface area contributed by atoms with Crippen molar-refractivity contribution < 1.29 is 9.50 Å². The Morgan fingerprint density at radius 3 is 2.39 bits per heavy atom. The van der Waals surface area contributed by atoms with Crippen LogP contribution in [0.15, 0.2) is 42.6 Å². The Labute approximate surface area is 109 Å². The van der Waals surface area contributed by atoms with Crippen LogP contribution in [0.4, 0.5) is 4.39 Å². The summed E-state index contributed by atoms with van der Waals surface area (Å²) in [4.78, 5) is 7.64. The van der Waals surface area contributed by atoms with Gasteiger partial charge < -0.3 is 10.8 Å². The van der Waals surface area contributed by atoms with Gasteiger partial charge in [0.25, 0.3) is 0 Å². The van der Waals surface area contributed by atoms with Crippen molar-refractivity contribution in [1.29, 1.82) is 0 Å². The molecule has 1 atom stereocenters. The Morgan fingerprint density at radius 2 is 1.94 bits per heavy atom. The molecule has 0 bridgehead atoms. The van der Waals surface area contributed by atoms with Crippen LogP contribution < -0.4 is 5.73 Å². The molecule has 3 N–H and O–H groups in total. The van der Waals surface area contributed by atoms with Crippen molar-refractivity contribution in [3.8, 4) is 0 Å². The van der Waals surface area contributed by atoms with Crippen molar-refractivity contribution in [1.82, 2.24) is 9.97 Å². The van der Waals surface area contributed by atoms with E-state index in [1.165, 1.54) is 18.3 Å². The maximum absolute atomic E-state index is 11.9. The average molecular weight is 270 g/mol. The Hall–Kier alpha value is -1.56. The van der Waals surface area contributed by atoms with E-state index < -0.39 is 6.04 Å². The predicted molar refractivity (Wildman–Crippen MR) is 67.5 cm³/mol. The molecule has 1 aromatic carbocycles. The standard InChI is InChI=1S/C6H8ClN3O.C6H5F/c7-5-1-2-9-6(10-5)4(8)3-11;7-6-4-2-1-3-5-6/h1-2,4,11H,3,8H2;1-5H. The van der Waals surface area contributed by atoms with Crippen LogP contribution in [0.3, 0.4) is 0 Å². The second-order valence-electron chi connectivity index (χ2n) is 3.32. The molecule has 6 heteroatoms. The van der Waals surface area contributed by atoms with Crippen LogP contribution >= 0.6 is 11.6 Å². The van der Waals surface area contributed by atoms with Crippen LogP contribution in [0.5, 0.6) is 0 Å². The van der Waals surface area contributed by atoms with E-state index in [1.54, 1.807) is 24.3 Å². The first-order valence-electron chi connectivity index (χ1n) is 5.19. The van der Waals surface area contributed by atoms with Crippen LogP contribution in [0.1, 0.15) is 11.9 Å². The van der Waals surface area contributed by atoms with Crippen LogP contribution in [0, 0.1) is 5.82 Å². The van der Waals surface area contributed by atoms with Crippen LogP contribution in [0.2, 0.25) is 5.15 Å². The third-order valence-corrected chi connectivity index (χ3v) is 2.11. The Balaban J connectivity index is 0.000000199. The fraction of sp³-hybridized carbons (Fsp3) is 0.167. The molecule has 0 aliphatic carbocycles. The third-order valence-electron chi connectivity index (χ3n) is 1.90. The molecule has 1 aromatic heterocycles. The highest BCUT2D eigenvalue weighted by Gasteiger charge is 2.06. The molecule has 0 radical (unpaired) electrons. The van der Waals surface area contributed by atoms with E-state index in [0.717, 1.165) is 0 Å². The van der Waals surface area contributed by atoms with Crippen LogP contribution in [0.25, 0.3) is 0 Å². The fourth-order valence-electron chi connectivity index (χ4n) is 1.03. The quantitative estimate of drug-likeness (QED) is 0.818. The van der Waals surface area contributed by atoms with Gasteiger partial charge in [0.05, 0.1) is 12.6 Å². The van der Waals surface area contributed by atoms with E-state index in [2.05, 4.69) is 9.97 Å². The van der Waals surface area contributed by atoms with Crippen molar-refractivity contribution in [2.45, 2.75) is 6.04 Å². The zero-order chi connectivity index (χ0) is 13.4. The molecule has 1 unspecified atom stereocenters. The Morgan fingerprint density at radius 1 is 1.28 bits per heavy atom. The maximum atomic E-state index is 11.9. The molecule has 0 saturated heterocycles. The Bertz CT molecular complexity index is 470. The lowest BCUT2D eigenvalue weighted by atomic mass is 10.3. The number of nitrogens with zero attached hydrogens (tertiary/aromatic N) is 2. The molecule has 0 aliphatic heterocycles. The summed E-state index contributed by atoms with van der Waals surface area (Å²) in [7, 11) is 0. The minimum absolute atomic E-state index is 0.178. The largest absolute Gasteiger partial charge is 0.394 e. The van der Waals surface area contributed by atoms with Gasteiger partial charge in [0.1, 0.15) is 16.8 Å². The molecule has 0 amide bonds. The minimum atomic E-state index is -0.548. The molecule has 0 spiro atoms. The summed E-state index contributed by atoms with van der Waals surface area (Å²) in [6.07, 6.45) is 1.50. The number of benzene rings is 1. The number of hydrogen-bond donors (Lipinski definition) is 2. The normalized spacial score (nSPS) is 11.3. The number of halogens is 2. The average Bonchev–Trinajstić information content (AvgIpc) is 2.39. The molecule has 0 fully saturated rings. The van der Waals surface area contributed by atoms with Crippen molar-refractivity contribution in [3.05, 3.63) is 59.4 Å². The summed E-state index contributed by atoms with van der Waals surface area (Å²) in [6, 6.07) is 8.94. The van der Waals surface area contributed by atoms with Gasteiger partial charge >= 0.3 is 0 Å². The highest BCUT2D eigenvalue weighted by atomic mass is 35.5. The van der Waals surface area contributed by atoms with Gasteiger partial charge in [-0.05, 0) is 18.2 Å². The summed E-state index contributed by atoms with van der Waals surface area (Å²) in [5, 5.41) is 8.96. The summed E-state index contributed by atoms with van der Waals surface area (Å²) >= 11 is 5.56. The SMILES string of the molecule is Fc1ccccc1.NC(CO)c1nccc(Cl)n1. The molecule has 2 aromatic rings. The topological polar surface area (TPSA) is 72.0 Å². The molecule has 2 rings (SSSR count). The van der Waals surface area contributed by atoms with E-state index in [1.807, 2.05) is 0 Å². The number of rotatable bonds is 2. The van der Waals surface area contributed by atoms with Crippen molar-refractivity contribution in [2.24, 2.45) is 5.73 Å². The highest BCUT2D eigenvalue weighted by molar-refractivity contribution is 6.29. The van der Waals surface area contributed by atoms with Crippen molar-refractivity contribution >= 4 is 11.6 Å². The summed E-state index contributed by atoms with van der Waals surface area (Å²) in [6.45, 7) is -0.180. The number of aromatic nitrogens is 2. The molecule has 0 aliphatic rings. The van der Waals surface area contributed by atoms with E-state index in [-0.39, 0.29) is 12.4 Å². The number of aliphatic hydroxyl groups excluding tert-OH is 1. The molecule has 18 heavy (non-hydrogen) atoms. The van der Waals surface area contributed by atoms with Gasteiger partial charge in [-0.25, -0.2) is 14.4 Å². The van der Waals surface area contributed by atoms with E-state index in [4.69, 9.17) is 22.4 Å². The predicted octanol–water partition coefficient (Wildman–Crippen LogP) is 1.95. The molecule has 1 heterocycles. The lowest BCUT2D eigenvalue weighted by Gasteiger charge is -2.04. The molecule has 0 saturated carbocycles. The monoisotopic (exact) mass is 269 g/mol. The number of aliphatic hydroxyl groups is 1. The third kappa shape index (κ3) is 5.18. The van der Waals surface area contributed by atoms with Gasteiger partial charge in [0, 0.05) is 6.20 Å². The van der Waals surface area contributed by atoms with Gasteiger partial charge in [0.15, 0.2) is 0 Å². The van der Waals surface area contributed by atoms with Gasteiger partial charge in [-0.2, -0.15) is 0 Å². The molecular formula is C12H13ClFN3O. The van der Waals surface area contributed by atoms with Gasteiger partial charge in [0.2, 0.25) is 0 Å². The smallest absolute Gasteiger partial charge is 0.149 e. The van der Waals surface area contributed by atoms with Crippen molar-refractivity contribution in [2.75, 3.05) is 6.61 Å². The Kier molecular flexibility index (Phi) is 6.21. The zero-order valence-corrected chi connectivity index (χ0v) is 10.3. The zero-order valence-electron chi connectivity index (χ0n) is 9.50. The number of nitrogens with two attached hydrogens (primary N) is 1. The van der Waals surface area contributed by atoms with Gasteiger partial charge in [-0.15, -0.1) is 0 Å². The first-order chi connectivity index (χ1) is 8.63. The molecule has 96 valence electrons. The summed E-state index contributed by atoms with van der Waals surface area (Å²) in [5.74, 6) is 0.183. The van der Waals surface area contributed by atoms with Gasteiger partial charge in [-0.1, -0.05) is 29.8 Å². The van der Waals surface area contributed by atoms with Crippen molar-refractivity contribution in [3.63, 3.8) is 0 Å². The fourth-order valence-corrected chi connectivity index (χ4v) is 1.17. The minimum Gasteiger partial charge on any atom is -0.394 e. The first-order valence-corrected chi connectivity index (χ1v) is 5.56.